The van der Waals surface area contributed by atoms with E-state index in [1.807, 2.05) is 0 Å². The number of nitrogens with one attached hydrogen (secondary N) is 1. The molecule has 3 rings (SSSR count). The Bertz CT molecular complexity index is 944. The molecule has 2 aromatic rings. The lowest BCUT2D eigenvalue weighted by Gasteiger charge is -2.25. The van der Waals surface area contributed by atoms with Crippen LogP contribution in [0.4, 0.5) is 5.69 Å². The van der Waals surface area contributed by atoms with Gasteiger partial charge >= 0.3 is 11.7 Å². The van der Waals surface area contributed by atoms with Crippen molar-refractivity contribution in [3.63, 3.8) is 0 Å². The van der Waals surface area contributed by atoms with Gasteiger partial charge in [0.1, 0.15) is 6.33 Å². The van der Waals surface area contributed by atoms with Crippen LogP contribution in [0.15, 0.2) is 30.6 Å². The summed E-state index contributed by atoms with van der Waals surface area (Å²) < 4.78 is 9.90. The number of benzene rings is 1. The SMILES string of the molecule is COC(=O)CCc1ccc(-c2ncnc(C(CC3CCNCC3)OC=O)c2[N+](=O)[O-])cc1. The first-order valence-corrected chi connectivity index (χ1v) is 10.5. The average molecular weight is 442 g/mol. The number of piperidine rings is 1. The fourth-order valence-corrected chi connectivity index (χ4v) is 3.92. The summed E-state index contributed by atoms with van der Waals surface area (Å²) in [7, 11) is 1.34. The molecule has 10 nitrogen and oxygen atoms in total. The molecule has 1 aliphatic rings. The number of aryl methyl sites for hydroxylation is 1. The molecular formula is C22H26N4O6. The highest BCUT2D eigenvalue weighted by molar-refractivity contribution is 5.72. The second-order valence-corrected chi connectivity index (χ2v) is 7.64. The molecule has 0 radical (unpaired) electrons. The third-order valence-electron chi connectivity index (χ3n) is 5.64. The van der Waals surface area contributed by atoms with Crippen molar-refractivity contribution in [2.45, 2.75) is 38.2 Å². The highest BCUT2D eigenvalue weighted by Gasteiger charge is 2.32. The molecule has 2 heterocycles. The molecule has 1 unspecified atom stereocenters. The minimum atomic E-state index is -0.822. The summed E-state index contributed by atoms with van der Waals surface area (Å²) >= 11 is 0. The molecule has 0 saturated carbocycles. The van der Waals surface area contributed by atoms with Crippen LogP contribution in [0.5, 0.6) is 0 Å². The fraction of sp³-hybridized carbons (Fsp3) is 0.455. The van der Waals surface area contributed by atoms with Crippen molar-refractivity contribution in [3.05, 3.63) is 52.0 Å². The van der Waals surface area contributed by atoms with Crippen LogP contribution in [-0.4, -0.2) is 47.5 Å². The molecule has 0 spiro atoms. The number of esters is 1. The smallest absolute Gasteiger partial charge is 0.320 e. The molecule has 1 atom stereocenters. The molecule has 1 saturated heterocycles. The van der Waals surface area contributed by atoms with Gasteiger partial charge in [-0.3, -0.25) is 19.7 Å². The van der Waals surface area contributed by atoms with Gasteiger partial charge in [-0.15, -0.1) is 0 Å². The summed E-state index contributed by atoms with van der Waals surface area (Å²) in [6.45, 7) is 2.03. The highest BCUT2D eigenvalue weighted by Crippen LogP contribution is 2.37. The van der Waals surface area contributed by atoms with E-state index in [-0.39, 0.29) is 35.4 Å². The van der Waals surface area contributed by atoms with Gasteiger partial charge in [0.25, 0.3) is 6.47 Å². The topological polar surface area (TPSA) is 134 Å². The molecule has 1 aromatic heterocycles. The molecule has 0 aliphatic carbocycles. The molecule has 0 amide bonds. The second-order valence-electron chi connectivity index (χ2n) is 7.64. The summed E-state index contributed by atoms with van der Waals surface area (Å²) in [6.07, 6.45) is 3.44. The van der Waals surface area contributed by atoms with Crippen molar-refractivity contribution in [1.82, 2.24) is 15.3 Å². The fourth-order valence-electron chi connectivity index (χ4n) is 3.92. The van der Waals surface area contributed by atoms with Gasteiger partial charge in [0.2, 0.25) is 0 Å². The third-order valence-corrected chi connectivity index (χ3v) is 5.64. The molecule has 1 aliphatic heterocycles. The van der Waals surface area contributed by atoms with Crippen molar-refractivity contribution in [1.29, 1.82) is 0 Å². The van der Waals surface area contributed by atoms with Crippen LogP contribution in [0, 0.1) is 16.0 Å². The van der Waals surface area contributed by atoms with Crippen LogP contribution in [0.25, 0.3) is 11.3 Å². The number of nitrogens with zero attached hydrogens (tertiary/aromatic N) is 3. The maximum Gasteiger partial charge on any atom is 0.320 e. The van der Waals surface area contributed by atoms with Crippen LogP contribution in [-0.2, 0) is 25.5 Å². The quantitative estimate of drug-likeness (QED) is 0.255. The molecule has 0 bridgehead atoms. The van der Waals surface area contributed by atoms with Gasteiger partial charge < -0.3 is 14.8 Å². The van der Waals surface area contributed by atoms with Gasteiger partial charge in [-0.25, -0.2) is 9.97 Å². The number of ether oxygens (including phenoxy) is 2. The van der Waals surface area contributed by atoms with Gasteiger partial charge in [0.15, 0.2) is 17.5 Å². The lowest BCUT2D eigenvalue weighted by atomic mass is 9.90. The molecule has 170 valence electrons. The van der Waals surface area contributed by atoms with Gasteiger partial charge in [-0.2, -0.15) is 0 Å². The van der Waals surface area contributed by atoms with Crippen molar-refractivity contribution in [2.75, 3.05) is 20.2 Å². The molecule has 1 aromatic carbocycles. The van der Waals surface area contributed by atoms with Gasteiger partial charge in [0, 0.05) is 12.0 Å². The van der Waals surface area contributed by atoms with Crippen molar-refractivity contribution in [2.24, 2.45) is 5.92 Å². The Labute approximate surface area is 185 Å². The van der Waals surface area contributed by atoms with E-state index in [2.05, 4.69) is 20.0 Å². The van der Waals surface area contributed by atoms with Crippen molar-refractivity contribution in [3.8, 4) is 11.3 Å². The Hall–Kier alpha value is -3.40. The van der Waals surface area contributed by atoms with E-state index in [9.17, 15) is 19.7 Å². The predicted octanol–water partition coefficient (Wildman–Crippen LogP) is 2.76. The van der Waals surface area contributed by atoms with Crippen LogP contribution < -0.4 is 5.32 Å². The largest absolute Gasteiger partial charge is 0.469 e. The number of hydrogen-bond donors (Lipinski definition) is 1. The lowest BCUT2D eigenvalue weighted by Crippen LogP contribution is -2.29. The number of methoxy groups -OCH3 is 1. The van der Waals surface area contributed by atoms with E-state index in [1.54, 1.807) is 24.3 Å². The van der Waals surface area contributed by atoms with Gasteiger partial charge in [0.05, 0.1) is 12.0 Å². The Kier molecular flexibility index (Phi) is 8.20. The van der Waals surface area contributed by atoms with Crippen LogP contribution in [0.2, 0.25) is 0 Å². The first-order chi connectivity index (χ1) is 15.5. The van der Waals surface area contributed by atoms with Gasteiger partial charge in [-0.1, -0.05) is 24.3 Å². The first-order valence-electron chi connectivity index (χ1n) is 10.5. The van der Waals surface area contributed by atoms with E-state index in [4.69, 9.17) is 4.74 Å². The normalized spacial score (nSPS) is 15.0. The van der Waals surface area contributed by atoms with Crippen LogP contribution in [0.3, 0.4) is 0 Å². The molecule has 1 fully saturated rings. The highest BCUT2D eigenvalue weighted by atomic mass is 16.6. The van der Waals surface area contributed by atoms with E-state index in [1.165, 1.54) is 13.4 Å². The number of carbonyl (C=O) groups is 2. The predicted molar refractivity (Wildman–Crippen MR) is 115 cm³/mol. The van der Waals surface area contributed by atoms with E-state index in [0.717, 1.165) is 31.5 Å². The zero-order valence-electron chi connectivity index (χ0n) is 17.9. The Morgan fingerprint density at radius 1 is 1.28 bits per heavy atom. The Morgan fingerprint density at radius 2 is 2.00 bits per heavy atom. The lowest BCUT2D eigenvalue weighted by molar-refractivity contribution is -0.386. The molecular weight excluding hydrogens is 416 g/mol. The zero-order chi connectivity index (χ0) is 22.9. The number of rotatable bonds is 10. The van der Waals surface area contributed by atoms with E-state index in [0.29, 0.717) is 24.9 Å². The van der Waals surface area contributed by atoms with Crippen LogP contribution >= 0.6 is 0 Å². The Balaban J connectivity index is 1.90. The standard InChI is InChI=1S/C22H26N4O6/c1-31-19(28)7-4-15-2-5-17(6-3-15)20-22(26(29)30)21(25-13-24-20)18(32-14-27)12-16-8-10-23-11-9-16/h2-3,5-6,13-14,16,18,23H,4,7-12H2,1H3. The summed E-state index contributed by atoms with van der Waals surface area (Å²) in [6, 6.07) is 7.01. The minimum absolute atomic E-state index is 0.0976. The summed E-state index contributed by atoms with van der Waals surface area (Å²) in [5.74, 6) is -0.0339. The molecule has 10 heteroatoms. The maximum absolute atomic E-state index is 12.0. The molecule has 1 N–H and O–H groups in total. The minimum Gasteiger partial charge on any atom is -0.469 e. The summed E-state index contributed by atoms with van der Waals surface area (Å²) in [5, 5.41) is 15.3. The average Bonchev–Trinajstić information content (AvgIpc) is 2.82. The number of carbonyl (C=O) groups excluding carboxylic acids is 2. The Morgan fingerprint density at radius 3 is 2.62 bits per heavy atom. The first kappa shape index (κ1) is 23.3. The van der Waals surface area contributed by atoms with E-state index >= 15 is 0 Å². The molecule has 32 heavy (non-hydrogen) atoms. The zero-order valence-corrected chi connectivity index (χ0v) is 17.9. The summed E-state index contributed by atoms with van der Waals surface area (Å²) in [4.78, 5) is 42.3. The maximum atomic E-state index is 12.0. The second kappa shape index (κ2) is 11.3. The third kappa shape index (κ3) is 5.85. The van der Waals surface area contributed by atoms with E-state index < -0.39 is 11.0 Å². The van der Waals surface area contributed by atoms with Crippen molar-refractivity contribution < 1.29 is 24.0 Å². The van der Waals surface area contributed by atoms with Crippen LogP contribution in [0.1, 0.15) is 43.0 Å². The summed E-state index contributed by atoms with van der Waals surface area (Å²) in [5.41, 5.74) is 1.42. The number of nitro groups is 1. The van der Waals surface area contributed by atoms with Crippen molar-refractivity contribution >= 4 is 18.1 Å². The number of aromatic nitrogens is 2. The monoisotopic (exact) mass is 442 g/mol. The number of hydrogen-bond acceptors (Lipinski definition) is 9. The van der Waals surface area contributed by atoms with Gasteiger partial charge in [-0.05, 0) is 50.3 Å².